The first-order chi connectivity index (χ1) is 12.3. The maximum atomic E-state index is 13.4. The summed E-state index contributed by atoms with van der Waals surface area (Å²) >= 11 is -1.50. The normalized spacial score (nSPS) is 36.1. The first kappa shape index (κ1) is 21.0. The highest BCUT2D eigenvalue weighted by Crippen LogP contribution is 2.60. The molecule has 4 rings (SSSR count). The maximum Gasteiger partial charge on any atom is 0.425 e. The molecule has 0 heterocycles. The number of alkyl halides is 6. The number of hydrogen-bond donors (Lipinski definition) is 1. The Bertz CT molecular complexity index is 580. The van der Waals surface area contributed by atoms with E-state index in [0.717, 1.165) is 0 Å². The first-order valence-corrected chi connectivity index (χ1v) is 8.74. The molecule has 0 amide bonds. The number of halogens is 6. The molecule has 0 spiro atoms. The zero-order valence-electron chi connectivity index (χ0n) is 13.6. The van der Waals surface area contributed by atoms with E-state index in [2.05, 4.69) is 9.37 Å². The highest BCUT2D eigenvalue weighted by Gasteiger charge is 2.80. The van der Waals surface area contributed by atoms with Crippen LogP contribution in [0.3, 0.4) is 0 Å². The lowest BCUT2D eigenvalue weighted by Crippen LogP contribution is -2.65. The summed E-state index contributed by atoms with van der Waals surface area (Å²) in [6.07, 6.45) is -11.0. The summed E-state index contributed by atoms with van der Waals surface area (Å²) in [4.78, 5) is 12.3. The van der Waals surface area contributed by atoms with Gasteiger partial charge in [-0.05, 0) is 43.9 Å². The molecule has 4 aliphatic rings. The summed E-state index contributed by atoms with van der Waals surface area (Å²) in [7, 11) is 0. The van der Waals surface area contributed by atoms with Crippen LogP contribution in [0.15, 0.2) is 0 Å². The van der Waals surface area contributed by atoms with Crippen molar-refractivity contribution in [2.45, 2.75) is 66.8 Å². The molecule has 4 fully saturated rings. The van der Waals surface area contributed by atoms with Gasteiger partial charge in [0.15, 0.2) is 0 Å². The molecule has 0 saturated heterocycles. The molecule has 0 radical (unpaired) electrons. The second-order valence-corrected chi connectivity index (χ2v) is 8.57. The molecule has 0 aromatic heterocycles. The van der Waals surface area contributed by atoms with Crippen molar-refractivity contribution in [3.05, 3.63) is 0 Å². The minimum absolute atomic E-state index is 0.0763. The highest BCUT2D eigenvalue weighted by atomic mass is 32.2. The van der Waals surface area contributed by atoms with Crippen LogP contribution >= 0.6 is 12.0 Å². The number of ether oxygens (including phenoxy) is 1. The monoisotopic (exact) mass is 425 g/mol. The molecule has 156 valence electrons. The lowest BCUT2D eigenvalue weighted by molar-refractivity contribution is -0.777. The van der Waals surface area contributed by atoms with Crippen LogP contribution in [-0.2, 0) is 18.9 Å². The number of aliphatic hydroxyl groups is 1. The van der Waals surface area contributed by atoms with E-state index in [1.807, 2.05) is 0 Å². The average molecular weight is 425 g/mol. The van der Waals surface area contributed by atoms with E-state index in [-0.39, 0.29) is 31.1 Å². The van der Waals surface area contributed by atoms with E-state index in [0.29, 0.717) is 19.3 Å². The van der Waals surface area contributed by atoms with Crippen LogP contribution in [0.1, 0.15) is 38.5 Å². The predicted octanol–water partition coefficient (Wildman–Crippen LogP) is 2.35. The van der Waals surface area contributed by atoms with Crippen LogP contribution in [-0.4, -0.2) is 39.4 Å². The zero-order valence-corrected chi connectivity index (χ0v) is 14.4. The minimum atomic E-state index is -6.19. The summed E-state index contributed by atoms with van der Waals surface area (Å²) in [5.74, 6) is -2.94. The van der Waals surface area contributed by atoms with Crippen molar-refractivity contribution in [3.63, 3.8) is 0 Å². The summed E-state index contributed by atoms with van der Waals surface area (Å²) in [5.41, 5.74) is -2.89. The lowest BCUT2D eigenvalue weighted by Gasteiger charge is -2.59. The largest absolute Gasteiger partial charge is 0.691 e. The molecule has 1 N–H and O–H groups in total. The average Bonchev–Trinajstić information content (AvgIpc) is 2.41. The molecule has 27 heavy (non-hydrogen) atoms. The number of hydrogen-bond acceptors (Lipinski definition) is 7. The van der Waals surface area contributed by atoms with Gasteiger partial charge < -0.3 is 15.1 Å². The van der Waals surface area contributed by atoms with Crippen LogP contribution in [0.2, 0.25) is 0 Å². The third-order valence-corrected chi connectivity index (χ3v) is 6.56. The Kier molecular flexibility index (Phi) is 4.95. The maximum absolute atomic E-state index is 13.4. The molecule has 13 heteroatoms. The standard InChI is InChI=1S/C14H16F6O6S/c15-13(16,17)12(14(18,19)20,27-26-25-23)9(21)24-11-4-7-1-8(5-11)3-10(22,2-7)6-11/h7-8,22-23H,1-6H2/p-1. The summed E-state index contributed by atoms with van der Waals surface area (Å²) in [6.45, 7) is 0. The van der Waals surface area contributed by atoms with Gasteiger partial charge in [0.25, 0.3) is 0 Å². The molecular formula is C14H15F6O6S-. The molecule has 2 unspecified atom stereocenters. The quantitative estimate of drug-likeness (QED) is 0.238. The third kappa shape index (κ3) is 3.41. The Morgan fingerprint density at radius 1 is 1.04 bits per heavy atom. The van der Waals surface area contributed by atoms with Crippen LogP contribution in [0, 0.1) is 11.8 Å². The third-order valence-electron chi connectivity index (χ3n) is 5.56. The van der Waals surface area contributed by atoms with Gasteiger partial charge in [0.2, 0.25) is 0 Å². The highest BCUT2D eigenvalue weighted by molar-refractivity contribution is 7.96. The molecule has 6 nitrogen and oxygen atoms in total. The summed E-state index contributed by atoms with van der Waals surface area (Å²) in [6, 6.07) is 0. The fraction of sp³-hybridized carbons (Fsp3) is 0.929. The van der Waals surface area contributed by atoms with Gasteiger partial charge in [-0.25, -0.2) is 4.79 Å². The van der Waals surface area contributed by atoms with Crippen molar-refractivity contribution >= 4 is 18.0 Å². The number of carbonyl (C=O) groups is 1. The Morgan fingerprint density at radius 2 is 1.56 bits per heavy atom. The van der Waals surface area contributed by atoms with Gasteiger partial charge in [-0.15, -0.1) is 0 Å². The molecular weight excluding hydrogens is 410 g/mol. The fourth-order valence-electron chi connectivity index (χ4n) is 5.10. The first-order valence-electron chi connectivity index (χ1n) is 7.99. The van der Waals surface area contributed by atoms with Crippen molar-refractivity contribution < 1.29 is 55.6 Å². The second-order valence-electron chi connectivity index (χ2n) is 7.65. The number of rotatable bonds is 5. The van der Waals surface area contributed by atoms with E-state index in [4.69, 9.17) is 4.74 Å². The van der Waals surface area contributed by atoms with Gasteiger partial charge >= 0.3 is 23.1 Å². The molecule has 4 saturated carbocycles. The molecule has 4 aliphatic carbocycles. The fourth-order valence-corrected chi connectivity index (χ4v) is 5.53. The minimum Gasteiger partial charge on any atom is -0.691 e. The smallest absolute Gasteiger partial charge is 0.425 e. The molecule has 0 aromatic carbocycles. The second kappa shape index (κ2) is 6.37. The van der Waals surface area contributed by atoms with Crippen LogP contribution in [0.5, 0.6) is 0 Å². The summed E-state index contributed by atoms with van der Waals surface area (Å²) in [5, 5.41) is 23.0. The molecule has 0 aliphatic heterocycles. The summed E-state index contributed by atoms with van der Waals surface area (Å²) < 4.78 is 83.1. The van der Waals surface area contributed by atoms with Crippen molar-refractivity contribution in [2.75, 3.05) is 0 Å². The van der Waals surface area contributed by atoms with Crippen molar-refractivity contribution in [3.8, 4) is 0 Å². The lowest BCUT2D eigenvalue weighted by atomic mass is 9.52. The Hall–Kier alpha value is -0.760. The number of carbonyl (C=O) groups excluding carboxylic acids is 1. The van der Waals surface area contributed by atoms with Gasteiger partial charge in [-0.3, -0.25) is 5.04 Å². The van der Waals surface area contributed by atoms with Crippen LogP contribution in [0.4, 0.5) is 26.3 Å². The van der Waals surface area contributed by atoms with Crippen molar-refractivity contribution in [2.24, 2.45) is 11.8 Å². The molecule has 2 atom stereocenters. The molecule has 0 aromatic rings. The Morgan fingerprint density at radius 3 is 1.96 bits per heavy atom. The van der Waals surface area contributed by atoms with E-state index in [9.17, 15) is 41.5 Å². The number of esters is 1. The Labute approximate surface area is 153 Å². The zero-order chi connectivity index (χ0) is 20.3. The molecule has 4 bridgehead atoms. The van der Waals surface area contributed by atoms with Crippen LogP contribution in [0.25, 0.3) is 0 Å². The Balaban J connectivity index is 1.93. The van der Waals surface area contributed by atoms with E-state index in [1.54, 1.807) is 0 Å². The topological polar surface area (TPSA) is 88.1 Å². The van der Waals surface area contributed by atoms with Gasteiger partial charge in [0, 0.05) is 6.42 Å². The van der Waals surface area contributed by atoms with Gasteiger partial charge in [0.05, 0.1) is 17.6 Å². The predicted molar refractivity (Wildman–Crippen MR) is 73.1 cm³/mol. The van der Waals surface area contributed by atoms with Gasteiger partial charge in [-0.1, -0.05) is 0 Å². The van der Waals surface area contributed by atoms with Crippen molar-refractivity contribution in [1.29, 1.82) is 0 Å². The van der Waals surface area contributed by atoms with E-state index >= 15 is 0 Å². The van der Waals surface area contributed by atoms with Crippen molar-refractivity contribution in [1.82, 2.24) is 0 Å². The van der Waals surface area contributed by atoms with E-state index < -0.39 is 46.3 Å². The van der Waals surface area contributed by atoms with Crippen LogP contribution < -0.4 is 5.26 Å². The van der Waals surface area contributed by atoms with E-state index in [1.165, 1.54) is 0 Å². The SMILES string of the molecule is O=C(OC12CC3CC(CC(O)(C3)C1)C2)C(SOO[O-])(C(F)(F)F)C(F)(F)F. The van der Waals surface area contributed by atoms with Gasteiger partial charge in [0.1, 0.15) is 5.60 Å². The van der Waals surface area contributed by atoms with Gasteiger partial charge in [-0.2, -0.15) is 30.7 Å².